The van der Waals surface area contributed by atoms with Gasteiger partial charge in [0.25, 0.3) is 0 Å². The molecule has 2 unspecified atom stereocenters. The molecule has 0 amide bonds. The quantitative estimate of drug-likeness (QED) is 0.884. The number of nitrogens with two attached hydrogens (primary N) is 1. The first-order chi connectivity index (χ1) is 8.53. The van der Waals surface area contributed by atoms with Crippen LogP contribution in [0.3, 0.4) is 0 Å². The Morgan fingerprint density at radius 2 is 1.94 bits per heavy atom. The van der Waals surface area contributed by atoms with Gasteiger partial charge in [0.1, 0.15) is 0 Å². The van der Waals surface area contributed by atoms with Crippen LogP contribution in [-0.4, -0.2) is 24.0 Å². The maximum absolute atomic E-state index is 6.48. The van der Waals surface area contributed by atoms with Crippen LogP contribution in [0.2, 0.25) is 0 Å². The summed E-state index contributed by atoms with van der Waals surface area (Å²) in [6.45, 7) is 9.32. The highest BCUT2D eigenvalue weighted by molar-refractivity contribution is 5.20. The van der Waals surface area contributed by atoms with E-state index in [0.29, 0.717) is 11.5 Å². The van der Waals surface area contributed by atoms with Crippen molar-refractivity contribution in [2.45, 2.75) is 45.7 Å². The fourth-order valence-electron chi connectivity index (χ4n) is 3.07. The van der Waals surface area contributed by atoms with Crippen LogP contribution in [0.1, 0.15) is 45.2 Å². The molecule has 1 fully saturated rings. The molecule has 18 heavy (non-hydrogen) atoms. The molecular weight excluding hydrogens is 220 g/mol. The monoisotopic (exact) mass is 246 g/mol. The van der Waals surface area contributed by atoms with Crippen molar-refractivity contribution in [1.29, 1.82) is 0 Å². The van der Waals surface area contributed by atoms with Crippen molar-refractivity contribution in [2.24, 2.45) is 11.1 Å². The van der Waals surface area contributed by atoms with Gasteiger partial charge in [0.2, 0.25) is 0 Å². The Labute approximate surface area is 111 Å². The fourth-order valence-corrected chi connectivity index (χ4v) is 3.07. The number of benzene rings is 1. The largest absolute Gasteiger partial charge is 0.323 e. The minimum atomic E-state index is 0.130. The highest BCUT2D eigenvalue weighted by Gasteiger charge is 2.35. The maximum atomic E-state index is 6.48. The zero-order valence-corrected chi connectivity index (χ0v) is 11.9. The van der Waals surface area contributed by atoms with Crippen molar-refractivity contribution in [2.75, 3.05) is 13.1 Å². The molecule has 1 heterocycles. The summed E-state index contributed by atoms with van der Waals surface area (Å²) in [6.07, 6.45) is 2.40. The van der Waals surface area contributed by atoms with E-state index in [2.05, 4.69) is 56.0 Å². The first-order valence-electron chi connectivity index (χ1n) is 7.08. The van der Waals surface area contributed by atoms with Crippen molar-refractivity contribution in [3.8, 4) is 0 Å². The summed E-state index contributed by atoms with van der Waals surface area (Å²) >= 11 is 0. The van der Waals surface area contributed by atoms with Gasteiger partial charge in [-0.3, -0.25) is 4.90 Å². The molecule has 0 radical (unpaired) electrons. The topological polar surface area (TPSA) is 29.3 Å². The molecule has 2 atom stereocenters. The van der Waals surface area contributed by atoms with Gasteiger partial charge >= 0.3 is 0 Å². The van der Waals surface area contributed by atoms with Crippen molar-refractivity contribution in [3.05, 3.63) is 35.9 Å². The van der Waals surface area contributed by atoms with Crippen LogP contribution in [0.5, 0.6) is 0 Å². The highest BCUT2D eigenvalue weighted by Crippen LogP contribution is 2.33. The predicted molar refractivity (Wildman–Crippen MR) is 77.4 cm³/mol. The molecule has 0 spiro atoms. The minimum absolute atomic E-state index is 0.130. The predicted octanol–water partition coefficient (Wildman–Crippen LogP) is 3.20. The Hall–Kier alpha value is -0.860. The molecule has 1 saturated heterocycles. The third kappa shape index (κ3) is 2.93. The second-order valence-corrected chi connectivity index (χ2v) is 6.30. The van der Waals surface area contributed by atoms with E-state index in [9.17, 15) is 0 Å². The summed E-state index contributed by atoms with van der Waals surface area (Å²) in [5.41, 5.74) is 8.18. The first-order valence-corrected chi connectivity index (χ1v) is 7.08. The van der Waals surface area contributed by atoms with Gasteiger partial charge in [-0.1, -0.05) is 51.1 Å². The van der Waals surface area contributed by atoms with E-state index in [-0.39, 0.29) is 6.04 Å². The van der Waals surface area contributed by atoms with Crippen LogP contribution in [0.4, 0.5) is 0 Å². The number of rotatable bonds is 4. The van der Waals surface area contributed by atoms with Crippen molar-refractivity contribution in [3.63, 3.8) is 0 Å². The van der Waals surface area contributed by atoms with Crippen molar-refractivity contribution < 1.29 is 0 Å². The molecule has 100 valence electrons. The van der Waals surface area contributed by atoms with E-state index >= 15 is 0 Å². The second kappa shape index (κ2) is 5.41. The smallest absolute Gasteiger partial charge is 0.0453 e. The third-order valence-electron chi connectivity index (χ3n) is 4.19. The number of nitrogens with zero attached hydrogens (tertiary/aromatic N) is 1. The van der Waals surface area contributed by atoms with Gasteiger partial charge in [0.05, 0.1) is 0 Å². The standard InChI is InChI=1S/C16H26N2/c1-4-14(18-11-10-16(2,3)12-18)15(17)13-8-6-5-7-9-13/h5-9,14-15H,4,10-12,17H2,1-3H3. The van der Waals surface area contributed by atoms with Gasteiger partial charge in [-0.25, -0.2) is 0 Å². The molecule has 0 aliphatic carbocycles. The molecule has 0 bridgehead atoms. The highest BCUT2D eigenvalue weighted by atomic mass is 15.2. The summed E-state index contributed by atoms with van der Waals surface area (Å²) < 4.78 is 0. The lowest BCUT2D eigenvalue weighted by atomic mass is 9.92. The molecular formula is C16H26N2. The summed E-state index contributed by atoms with van der Waals surface area (Å²) in [5, 5.41) is 0. The van der Waals surface area contributed by atoms with Crippen LogP contribution < -0.4 is 5.73 Å². The molecule has 0 saturated carbocycles. The molecule has 2 heteroatoms. The van der Waals surface area contributed by atoms with E-state index in [1.54, 1.807) is 0 Å². The van der Waals surface area contributed by atoms with Gasteiger partial charge in [-0.05, 0) is 30.4 Å². The third-order valence-corrected chi connectivity index (χ3v) is 4.19. The van der Waals surface area contributed by atoms with Crippen LogP contribution in [0, 0.1) is 5.41 Å². The Morgan fingerprint density at radius 3 is 2.44 bits per heavy atom. The van der Waals surface area contributed by atoms with Gasteiger partial charge in [0.15, 0.2) is 0 Å². The van der Waals surface area contributed by atoms with Gasteiger partial charge in [-0.15, -0.1) is 0 Å². The van der Waals surface area contributed by atoms with E-state index in [1.807, 2.05) is 0 Å². The van der Waals surface area contributed by atoms with E-state index in [4.69, 9.17) is 5.73 Å². The van der Waals surface area contributed by atoms with Gasteiger partial charge in [-0.2, -0.15) is 0 Å². The first kappa shape index (κ1) is 13.6. The Morgan fingerprint density at radius 1 is 1.28 bits per heavy atom. The van der Waals surface area contributed by atoms with Crippen LogP contribution in [-0.2, 0) is 0 Å². The van der Waals surface area contributed by atoms with E-state index in [0.717, 1.165) is 6.42 Å². The van der Waals surface area contributed by atoms with Crippen molar-refractivity contribution >= 4 is 0 Å². The van der Waals surface area contributed by atoms with Crippen LogP contribution in [0.25, 0.3) is 0 Å². The molecule has 2 rings (SSSR count). The molecule has 1 aromatic carbocycles. The number of hydrogen-bond donors (Lipinski definition) is 1. The van der Waals surface area contributed by atoms with Gasteiger partial charge in [0, 0.05) is 18.6 Å². The molecule has 2 N–H and O–H groups in total. The Kier molecular flexibility index (Phi) is 4.08. The number of likely N-dealkylation sites (tertiary alicyclic amines) is 1. The molecule has 1 aliphatic rings. The van der Waals surface area contributed by atoms with E-state index < -0.39 is 0 Å². The molecule has 1 aliphatic heterocycles. The van der Waals surface area contributed by atoms with Gasteiger partial charge < -0.3 is 5.73 Å². The summed E-state index contributed by atoms with van der Waals surface area (Å²) in [4.78, 5) is 2.58. The summed E-state index contributed by atoms with van der Waals surface area (Å²) in [7, 11) is 0. The number of hydrogen-bond acceptors (Lipinski definition) is 2. The Balaban J connectivity index is 2.10. The lowest BCUT2D eigenvalue weighted by Gasteiger charge is -2.33. The summed E-state index contributed by atoms with van der Waals surface area (Å²) in [6, 6.07) is 11.1. The second-order valence-electron chi connectivity index (χ2n) is 6.30. The van der Waals surface area contributed by atoms with Crippen LogP contribution in [0.15, 0.2) is 30.3 Å². The van der Waals surface area contributed by atoms with Crippen molar-refractivity contribution in [1.82, 2.24) is 4.90 Å². The van der Waals surface area contributed by atoms with E-state index in [1.165, 1.54) is 25.1 Å². The fraction of sp³-hybridized carbons (Fsp3) is 0.625. The normalized spacial score (nSPS) is 22.9. The SMILES string of the molecule is CCC(C(N)c1ccccc1)N1CCC(C)(C)C1. The minimum Gasteiger partial charge on any atom is -0.323 e. The zero-order valence-electron chi connectivity index (χ0n) is 11.9. The van der Waals surface area contributed by atoms with Crippen LogP contribution >= 0.6 is 0 Å². The average Bonchev–Trinajstić information content (AvgIpc) is 2.71. The maximum Gasteiger partial charge on any atom is 0.0453 e. The lowest BCUT2D eigenvalue weighted by Crippen LogP contribution is -2.41. The lowest BCUT2D eigenvalue weighted by molar-refractivity contribution is 0.185. The summed E-state index contributed by atoms with van der Waals surface area (Å²) in [5.74, 6) is 0. The Bertz CT molecular complexity index is 372. The molecule has 1 aromatic rings. The molecule has 0 aromatic heterocycles. The average molecular weight is 246 g/mol. The zero-order chi connectivity index (χ0) is 13.2. The molecule has 2 nitrogen and oxygen atoms in total.